The number of hydrogen-bond acceptors (Lipinski definition) is 10. The minimum atomic E-state index is -1.22. The van der Waals surface area contributed by atoms with Crippen LogP contribution in [0.3, 0.4) is 0 Å². The van der Waals surface area contributed by atoms with Gasteiger partial charge in [-0.3, -0.25) is 5.43 Å². The fourth-order valence-electron chi connectivity index (χ4n) is 6.39. The van der Waals surface area contributed by atoms with Gasteiger partial charge in [0.05, 0.1) is 55.1 Å². The number of urea groups is 1. The zero-order valence-electron chi connectivity index (χ0n) is 31.4. The van der Waals surface area contributed by atoms with Crippen LogP contribution in [-0.2, 0) is 14.3 Å². The molecule has 1 aliphatic heterocycles. The van der Waals surface area contributed by atoms with E-state index in [0.29, 0.717) is 34.9 Å². The van der Waals surface area contributed by atoms with E-state index in [1.807, 2.05) is 85.8 Å². The minimum Gasteiger partial charge on any atom is -0.490 e. The summed E-state index contributed by atoms with van der Waals surface area (Å²) in [5.41, 5.74) is 9.63. The number of carbonyl (C=O) groups is 3. The predicted molar refractivity (Wildman–Crippen MR) is 212 cm³/mol. The number of allylic oxidation sites excluding steroid dienone is 1. The van der Waals surface area contributed by atoms with E-state index < -0.39 is 24.3 Å². The van der Waals surface area contributed by atoms with Gasteiger partial charge in [0.1, 0.15) is 6.61 Å². The van der Waals surface area contributed by atoms with Gasteiger partial charge in [-0.2, -0.15) is 5.10 Å². The fraction of sp³-hybridized carbons (Fsp3) is 0.209. The van der Waals surface area contributed by atoms with Gasteiger partial charge in [-0.25, -0.2) is 14.4 Å². The lowest BCUT2D eigenvalue weighted by Crippen LogP contribution is -2.45. The molecule has 6 rings (SSSR count). The van der Waals surface area contributed by atoms with Crippen LogP contribution in [0.1, 0.15) is 48.3 Å². The van der Waals surface area contributed by atoms with Gasteiger partial charge >= 0.3 is 18.0 Å². The summed E-state index contributed by atoms with van der Waals surface area (Å²) in [6.45, 7) is 5.62. The molecule has 0 saturated carbocycles. The number of methoxy groups -OCH3 is 1. The Bertz CT molecular complexity index is 2230. The summed E-state index contributed by atoms with van der Waals surface area (Å²) in [6.07, 6.45) is 0.427. The lowest BCUT2D eigenvalue weighted by molar-refractivity contribution is -0.136. The van der Waals surface area contributed by atoms with Crippen LogP contribution in [0.25, 0.3) is 28.2 Å². The van der Waals surface area contributed by atoms with Gasteiger partial charge in [0.2, 0.25) is 0 Å². The fourth-order valence-corrected chi connectivity index (χ4v) is 6.39. The Morgan fingerprint density at radius 3 is 2.23 bits per heavy atom. The van der Waals surface area contributed by atoms with Crippen LogP contribution in [0.5, 0.6) is 11.5 Å². The van der Waals surface area contributed by atoms with Gasteiger partial charge in [-0.05, 0) is 79.9 Å². The number of aliphatic hydroxyl groups excluding tert-OH is 1. The van der Waals surface area contributed by atoms with E-state index in [1.165, 1.54) is 7.11 Å². The molecule has 13 nitrogen and oxygen atoms in total. The van der Waals surface area contributed by atoms with Gasteiger partial charge in [0.15, 0.2) is 17.7 Å². The third kappa shape index (κ3) is 8.74. The first-order valence-corrected chi connectivity index (χ1v) is 18.1. The average molecular weight is 758 g/mol. The van der Waals surface area contributed by atoms with E-state index in [9.17, 15) is 19.5 Å². The highest BCUT2D eigenvalue weighted by atomic mass is 16.5. The number of nitrogens with one attached hydrogen (secondary N) is 3. The smallest absolute Gasteiger partial charge is 0.338 e. The molecule has 13 heteroatoms. The molecule has 1 aromatic heterocycles. The van der Waals surface area contributed by atoms with E-state index in [0.717, 1.165) is 33.8 Å². The van der Waals surface area contributed by atoms with Crippen molar-refractivity contribution >= 4 is 24.2 Å². The molecule has 56 heavy (non-hydrogen) atoms. The Labute approximate surface area is 324 Å². The molecule has 0 saturated heterocycles. The maximum absolute atomic E-state index is 12.6. The maximum atomic E-state index is 12.6. The molecule has 1 aliphatic rings. The second-order valence-electron chi connectivity index (χ2n) is 12.6. The Morgan fingerprint density at radius 2 is 1.57 bits per heavy atom. The summed E-state index contributed by atoms with van der Waals surface area (Å²) < 4.78 is 24.1. The second kappa shape index (κ2) is 18.0. The topological polar surface area (TPSA) is 162 Å². The molecule has 0 fully saturated rings. The molecule has 0 aliphatic carbocycles. The molecule has 2 atom stereocenters. The van der Waals surface area contributed by atoms with Crippen molar-refractivity contribution in [1.29, 1.82) is 0 Å². The molecule has 2 heterocycles. The van der Waals surface area contributed by atoms with E-state index in [4.69, 9.17) is 18.9 Å². The Balaban J connectivity index is 1.25. The minimum absolute atomic E-state index is 0.193. The monoisotopic (exact) mass is 757 g/mol. The third-order valence-electron chi connectivity index (χ3n) is 8.88. The van der Waals surface area contributed by atoms with Gasteiger partial charge < -0.3 is 39.3 Å². The zero-order valence-corrected chi connectivity index (χ0v) is 31.4. The number of rotatable bonds is 15. The number of hydrogen-bond donors (Lipinski definition) is 4. The lowest BCUT2D eigenvalue weighted by Gasteiger charge is -2.28. The molecule has 0 spiro atoms. The first-order chi connectivity index (χ1) is 27.2. The molecule has 4 aromatic carbocycles. The van der Waals surface area contributed by atoms with Crippen LogP contribution in [0.15, 0.2) is 126 Å². The van der Waals surface area contributed by atoms with Crippen molar-refractivity contribution in [2.45, 2.75) is 33.0 Å². The van der Waals surface area contributed by atoms with Crippen LogP contribution < -0.4 is 25.5 Å². The molecule has 288 valence electrons. The number of benzene rings is 4. The van der Waals surface area contributed by atoms with E-state index in [1.54, 1.807) is 50.4 Å². The summed E-state index contributed by atoms with van der Waals surface area (Å²) in [5, 5.41) is 20.7. The van der Waals surface area contributed by atoms with Gasteiger partial charge in [0, 0.05) is 16.9 Å². The Morgan fingerprint density at radius 1 is 0.875 bits per heavy atom. The molecule has 0 bridgehead atoms. The number of hydrazone groups is 1. The molecule has 4 N–H and O–H groups in total. The van der Waals surface area contributed by atoms with E-state index >= 15 is 0 Å². The van der Waals surface area contributed by atoms with Crippen LogP contribution in [-0.4, -0.2) is 67.0 Å². The number of amides is 2. The zero-order chi connectivity index (χ0) is 39.6. The molecule has 0 unspecified atom stereocenters. The second-order valence-corrected chi connectivity index (χ2v) is 12.6. The maximum Gasteiger partial charge on any atom is 0.338 e. The van der Waals surface area contributed by atoms with Crippen molar-refractivity contribution in [2.75, 3.05) is 26.9 Å². The highest BCUT2D eigenvalue weighted by Crippen LogP contribution is 2.37. The van der Waals surface area contributed by atoms with Crippen molar-refractivity contribution in [3.63, 3.8) is 0 Å². The van der Waals surface area contributed by atoms with Gasteiger partial charge in [0.25, 0.3) is 0 Å². The number of esters is 2. The van der Waals surface area contributed by atoms with Crippen molar-refractivity contribution < 1.29 is 38.4 Å². The molecule has 0 radical (unpaired) electrons. The quantitative estimate of drug-likeness (QED) is 0.0404. The molecule has 2 amide bonds. The number of ether oxygens (including phenoxy) is 4. The van der Waals surface area contributed by atoms with Gasteiger partial charge in [-0.15, -0.1) is 0 Å². The van der Waals surface area contributed by atoms with Crippen molar-refractivity contribution in [3.05, 3.63) is 137 Å². The summed E-state index contributed by atoms with van der Waals surface area (Å²) in [5.74, 6) is -0.278. The van der Waals surface area contributed by atoms with E-state index in [2.05, 4.69) is 25.7 Å². The highest BCUT2D eigenvalue weighted by molar-refractivity contribution is 5.95. The van der Waals surface area contributed by atoms with Crippen molar-refractivity contribution in [1.82, 2.24) is 20.6 Å². The number of aromatic nitrogens is 1. The summed E-state index contributed by atoms with van der Waals surface area (Å²) in [7, 11) is 1.28. The average Bonchev–Trinajstić information content (AvgIpc) is 3.60. The summed E-state index contributed by atoms with van der Waals surface area (Å²) in [6, 6.07) is 32.9. The summed E-state index contributed by atoms with van der Waals surface area (Å²) in [4.78, 5) is 37.3. The van der Waals surface area contributed by atoms with Crippen LogP contribution in [0, 0.1) is 0 Å². The first-order valence-electron chi connectivity index (χ1n) is 18.1. The third-order valence-corrected chi connectivity index (χ3v) is 8.88. The largest absolute Gasteiger partial charge is 0.490 e. The van der Waals surface area contributed by atoms with Crippen LogP contribution in [0.4, 0.5) is 4.79 Å². The number of aliphatic hydroxyl groups is 1. The van der Waals surface area contributed by atoms with Crippen molar-refractivity contribution in [2.24, 2.45) is 5.10 Å². The Kier molecular flexibility index (Phi) is 12.5. The molecule has 5 aromatic rings. The standard InChI is InChI=1S/C43H43N5O8/c1-5-54-36-24-31(39-38(42(51)53-4)27(3)45-43(52)46-39)19-22-35(36)56-26-37(49)47-44-25-32-23-34(28-13-9-7-10-14-28)48(40(32)29-15-11-8-12-16-29)33-20-17-30(18-21-33)41(50)55-6-2/h7-25,37,39,47,49H,5-6,26H2,1-4H3,(H2,45,46,52)/b44-25+/t37-,39+/m1/s1. The predicted octanol–water partition coefficient (Wildman–Crippen LogP) is 6.51. The van der Waals surface area contributed by atoms with Crippen LogP contribution in [0.2, 0.25) is 0 Å². The highest BCUT2D eigenvalue weighted by Gasteiger charge is 2.32. The molecular formula is C43H43N5O8. The van der Waals surface area contributed by atoms with E-state index in [-0.39, 0.29) is 24.8 Å². The number of nitrogens with zero attached hydrogens (tertiary/aromatic N) is 2. The number of carbonyl (C=O) groups excluding carboxylic acids is 3. The SMILES string of the molecule is CCOC(=O)c1ccc(-n2c(-c3ccccc3)cc(/C=N/N[C@H](O)COc3ccc([C@@H]4NC(=O)NC(C)=C4C(=O)OC)cc3OCC)c2-c2ccccc2)cc1. The van der Waals surface area contributed by atoms with Crippen molar-refractivity contribution in [3.8, 4) is 39.7 Å². The molecular weight excluding hydrogens is 714 g/mol. The Hall–Kier alpha value is -6.86. The summed E-state index contributed by atoms with van der Waals surface area (Å²) >= 11 is 0. The lowest BCUT2D eigenvalue weighted by atomic mass is 9.95. The van der Waals surface area contributed by atoms with Gasteiger partial charge in [-0.1, -0.05) is 66.7 Å². The normalized spacial score (nSPS) is 14.4. The van der Waals surface area contributed by atoms with Crippen LogP contribution >= 0.6 is 0 Å². The first kappa shape index (κ1) is 38.9.